The van der Waals surface area contributed by atoms with Crippen molar-refractivity contribution in [3.63, 3.8) is 0 Å². The molecule has 1 heterocycles. The second-order valence-corrected chi connectivity index (χ2v) is 5.71. The second-order valence-electron chi connectivity index (χ2n) is 5.71. The summed E-state index contributed by atoms with van der Waals surface area (Å²) in [6, 6.07) is 10.6. The summed E-state index contributed by atoms with van der Waals surface area (Å²) in [4.78, 5) is 24.6. The molecule has 0 aromatic heterocycles. The van der Waals surface area contributed by atoms with Gasteiger partial charge in [-0.25, -0.2) is 0 Å². The number of ether oxygens (including phenoxy) is 1. The van der Waals surface area contributed by atoms with Gasteiger partial charge in [-0.1, -0.05) is 0 Å². The van der Waals surface area contributed by atoms with Gasteiger partial charge in [0.1, 0.15) is 11.4 Å². The van der Waals surface area contributed by atoms with Crippen LogP contribution in [0.2, 0.25) is 0 Å². The Bertz CT molecular complexity index is 852. The van der Waals surface area contributed by atoms with Gasteiger partial charge in [0.2, 0.25) is 0 Å². The first kappa shape index (κ1) is 15.8. The Morgan fingerprint density at radius 3 is 2.17 bits per heavy atom. The highest BCUT2D eigenvalue weighted by Gasteiger charge is 2.21. The van der Waals surface area contributed by atoms with E-state index in [-0.39, 0.29) is 17.4 Å². The van der Waals surface area contributed by atoms with Crippen LogP contribution < -0.4 is 15.4 Å². The minimum Gasteiger partial charge on any atom is -0.497 e. The minimum atomic E-state index is -0.326. The van der Waals surface area contributed by atoms with Gasteiger partial charge in [-0.05, 0) is 61.4 Å². The molecule has 122 valence electrons. The van der Waals surface area contributed by atoms with Crippen molar-refractivity contribution in [3.05, 3.63) is 64.9 Å². The first-order chi connectivity index (χ1) is 11.5. The Hall–Kier alpha value is -3.08. The number of fused-ring (bicyclic) bond motifs is 1. The molecule has 0 saturated heterocycles. The van der Waals surface area contributed by atoms with Gasteiger partial charge in [-0.3, -0.25) is 9.59 Å². The molecule has 0 atom stereocenters. The van der Waals surface area contributed by atoms with Crippen LogP contribution in [0.15, 0.2) is 48.2 Å². The molecule has 0 aliphatic carbocycles. The van der Waals surface area contributed by atoms with Crippen molar-refractivity contribution < 1.29 is 14.3 Å². The highest BCUT2D eigenvalue weighted by atomic mass is 16.5. The number of amides is 1. The van der Waals surface area contributed by atoms with Crippen molar-refractivity contribution in [1.82, 2.24) is 0 Å². The fourth-order valence-corrected chi connectivity index (χ4v) is 2.49. The maximum Gasteiger partial charge on any atom is 0.272 e. The Morgan fingerprint density at radius 1 is 1.00 bits per heavy atom. The summed E-state index contributed by atoms with van der Waals surface area (Å²) in [5, 5.41) is 5.85. The molecule has 0 unspecified atom stereocenters. The first-order valence-corrected chi connectivity index (χ1v) is 7.57. The van der Waals surface area contributed by atoms with Crippen LogP contribution in [-0.4, -0.2) is 18.8 Å². The number of carbonyl (C=O) groups is 2. The largest absolute Gasteiger partial charge is 0.497 e. The molecule has 24 heavy (non-hydrogen) atoms. The van der Waals surface area contributed by atoms with Crippen LogP contribution in [0.4, 0.5) is 11.4 Å². The number of rotatable bonds is 3. The maximum atomic E-state index is 12.4. The van der Waals surface area contributed by atoms with Gasteiger partial charge in [0.25, 0.3) is 5.91 Å². The number of carbonyl (C=O) groups excluding carboxylic acids is 2. The first-order valence-electron chi connectivity index (χ1n) is 7.57. The molecule has 0 bridgehead atoms. The van der Waals surface area contributed by atoms with Crippen molar-refractivity contribution >= 4 is 23.1 Å². The van der Waals surface area contributed by atoms with Gasteiger partial charge >= 0.3 is 0 Å². The molecule has 5 nitrogen and oxygen atoms in total. The zero-order valence-electron chi connectivity index (χ0n) is 13.8. The number of hydrogen-bond acceptors (Lipinski definition) is 4. The van der Waals surface area contributed by atoms with Crippen molar-refractivity contribution in [1.29, 1.82) is 0 Å². The Balaban J connectivity index is 1.88. The normalized spacial score (nSPS) is 14.6. The van der Waals surface area contributed by atoms with E-state index in [4.69, 9.17) is 4.74 Å². The van der Waals surface area contributed by atoms with Gasteiger partial charge in [0, 0.05) is 11.6 Å². The molecule has 2 aromatic rings. The lowest BCUT2D eigenvalue weighted by Crippen LogP contribution is -2.26. The van der Waals surface area contributed by atoms with Crippen molar-refractivity contribution in [3.8, 4) is 5.75 Å². The summed E-state index contributed by atoms with van der Waals surface area (Å²) in [6.07, 6.45) is 1.31. The Labute approximate surface area is 140 Å². The van der Waals surface area contributed by atoms with Gasteiger partial charge in [-0.2, -0.15) is 0 Å². The summed E-state index contributed by atoms with van der Waals surface area (Å²) >= 11 is 0. The second kappa shape index (κ2) is 6.20. The number of allylic oxidation sites excluding steroid dienone is 1. The van der Waals surface area contributed by atoms with Crippen LogP contribution in [0, 0.1) is 13.8 Å². The molecule has 0 spiro atoms. The number of ketones is 1. The lowest BCUT2D eigenvalue weighted by Gasteiger charge is -2.22. The molecule has 3 rings (SSSR count). The van der Waals surface area contributed by atoms with E-state index in [9.17, 15) is 9.59 Å². The van der Waals surface area contributed by atoms with Crippen LogP contribution >= 0.6 is 0 Å². The monoisotopic (exact) mass is 322 g/mol. The van der Waals surface area contributed by atoms with Gasteiger partial charge in [0.15, 0.2) is 5.78 Å². The number of aryl methyl sites for hydroxylation is 2. The highest BCUT2D eigenvalue weighted by molar-refractivity contribution is 6.16. The highest BCUT2D eigenvalue weighted by Crippen LogP contribution is 2.31. The molecule has 1 aliphatic rings. The maximum absolute atomic E-state index is 12.4. The van der Waals surface area contributed by atoms with E-state index in [0.29, 0.717) is 11.3 Å². The predicted molar refractivity (Wildman–Crippen MR) is 93.6 cm³/mol. The quantitative estimate of drug-likeness (QED) is 0.671. The van der Waals surface area contributed by atoms with E-state index in [2.05, 4.69) is 10.6 Å². The third-order valence-corrected chi connectivity index (χ3v) is 4.05. The van der Waals surface area contributed by atoms with Crippen molar-refractivity contribution in [2.75, 3.05) is 17.7 Å². The van der Waals surface area contributed by atoms with Gasteiger partial charge in [0.05, 0.1) is 18.5 Å². The molecule has 0 fully saturated rings. The van der Waals surface area contributed by atoms with E-state index >= 15 is 0 Å². The minimum absolute atomic E-state index is 0.228. The van der Waals surface area contributed by atoms with Crippen molar-refractivity contribution in [2.24, 2.45) is 0 Å². The van der Waals surface area contributed by atoms with E-state index in [1.165, 1.54) is 6.08 Å². The van der Waals surface area contributed by atoms with Crippen LogP contribution in [0.5, 0.6) is 5.75 Å². The summed E-state index contributed by atoms with van der Waals surface area (Å²) < 4.78 is 5.07. The van der Waals surface area contributed by atoms with E-state index in [1.807, 2.05) is 26.0 Å². The molecule has 2 N–H and O–H groups in total. The average Bonchev–Trinajstić information content (AvgIpc) is 2.57. The molecule has 1 amide bonds. The van der Waals surface area contributed by atoms with Crippen LogP contribution in [0.25, 0.3) is 0 Å². The molecule has 0 saturated carbocycles. The summed E-state index contributed by atoms with van der Waals surface area (Å²) in [5.41, 5.74) is 4.43. The number of methoxy groups -OCH3 is 1. The lowest BCUT2D eigenvalue weighted by molar-refractivity contribution is -0.112. The number of hydrogen-bond donors (Lipinski definition) is 2. The molecular formula is C19H18N2O3. The fraction of sp³-hybridized carbons (Fsp3) is 0.158. The molecular weight excluding hydrogens is 304 g/mol. The summed E-state index contributed by atoms with van der Waals surface area (Å²) in [5.74, 6) is 0.0997. The molecule has 1 aliphatic heterocycles. The Morgan fingerprint density at radius 2 is 1.58 bits per heavy atom. The van der Waals surface area contributed by atoms with Gasteiger partial charge in [-0.15, -0.1) is 0 Å². The zero-order valence-corrected chi connectivity index (χ0v) is 13.8. The fourth-order valence-electron chi connectivity index (χ4n) is 2.49. The topological polar surface area (TPSA) is 67.4 Å². The molecule has 2 aromatic carbocycles. The summed E-state index contributed by atoms with van der Waals surface area (Å²) in [7, 11) is 1.57. The van der Waals surface area contributed by atoms with Crippen LogP contribution in [0.1, 0.15) is 21.5 Å². The van der Waals surface area contributed by atoms with Crippen molar-refractivity contribution in [2.45, 2.75) is 13.8 Å². The smallest absolute Gasteiger partial charge is 0.272 e. The standard InChI is InChI=1S/C19H18N2O3/c1-11-8-15-16(9-12(11)2)21-19(23)17(20-15)10-18(22)13-4-6-14(24-3)7-5-13/h4-10,20H,1-3H3,(H,21,23). The zero-order chi connectivity index (χ0) is 17.3. The summed E-state index contributed by atoms with van der Waals surface area (Å²) in [6.45, 7) is 3.99. The third kappa shape index (κ3) is 3.01. The Kier molecular flexibility index (Phi) is 4.08. The molecule has 5 heteroatoms. The average molecular weight is 322 g/mol. The van der Waals surface area contributed by atoms with Crippen LogP contribution in [0.3, 0.4) is 0 Å². The van der Waals surface area contributed by atoms with E-state index in [0.717, 1.165) is 22.5 Å². The number of nitrogens with one attached hydrogen (secondary N) is 2. The SMILES string of the molecule is COc1ccc(C(=O)C=C2Nc3cc(C)c(C)cc3NC2=O)cc1. The third-order valence-electron chi connectivity index (χ3n) is 4.05. The van der Waals surface area contributed by atoms with E-state index in [1.54, 1.807) is 31.4 Å². The predicted octanol–water partition coefficient (Wildman–Crippen LogP) is 3.44. The number of anilines is 2. The van der Waals surface area contributed by atoms with Crippen LogP contribution in [-0.2, 0) is 4.79 Å². The number of benzene rings is 2. The van der Waals surface area contributed by atoms with Gasteiger partial charge < -0.3 is 15.4 Å². The lowest BCUT2D eigenvalue weighted by atomic mass is 10.0. The van der Waals surface area contributed by atoms with E-state index < -0.39 is 0 Å². The molecule has 0 radical (unpaired) electrons.